The lowest BCUT2D eigenvalue weighted by Gasteiger charge is -2.18. The molecule has 1 amide bonds. The van der Waals surface area contributed by atoms with E-state index < -0.39 is 6.10 Å². The normalized spacial score (nSPS) is 21.1. The number of phenolic OH excluding ortho intramolecular Hbond substituents is 1. The summed E-state index contributed by atoms with van der Waals surface area (Å²) in [5.41, 5.74) is 0.310. The molecule has 1 aliphatic heterocycles. The third kappa shape index (κ3) is 2.67. The predicted octanol–water partition coefficient (Wildman–Crippen LogP) is 2.00. The maximum atomic E-state index is 12.2. The van der Waals surface area contributed by atoms with Crippen LogP contribution in [0.25, 0.3) is 0 Å². The summed E-state index contributed by atoms with van der Waals surface area (Å²) in [5, 5.41) is 19.3. The average molecular weight is 314 g/mol. The van der Waals surface area contributed by atoms with Crippen LogP contribution in [0, 0.1) is 5.92 Å². The van der Waals surface area contributed by atoms with E-state index in [-0.39, 0.29) is 17.6 Å². The Morgan fingerprint density at radius 2 is 2.28 bits per heavy atom. The first kappa shape index (κ1) is 13.4. The maximum absolute atomic E-state index is 12.2. The summed E-state index contributed by atoms with van der Waals surface area (Å²) < 4.78 is 0.736. The Bertz CT molecular complexity index is 462. The number of benzene rings is 1. The number of carbonyl (C=O) groups is 1. The molecule has 1 saturated heterocycles. The molecule has 1 aliphatic rings. The fourth-order valence-corrected chi connectivity index (χ4v) is 2.57. The second-order valence-electron chi connectivity index (χ2n) is 4.70. The summed E-state index contributed by atoms with van der Waals surface area (Å²) in [7, 11) is 0. The number of hydrogen-bond acceptors (Lipinski definition) is 3. The molecule has 4 nitrogen and oxygen atoms in total. The number of aliphatic hydroxyl groups is 1. The van der Waals surface area contributed by atoms with E-state index in [1.807, 2.05) is 0 Å². The minimum absolute atomic E-state index is 0.0186. The van der Waals surface area contributed by atoms with Crippen molar-refractivity contribution >= 4 is 21.8 Å². The van der Waals surface area contributed by atoms with Gasteiger partial charge in [0.2, 0.25) is 0 Å². The van der Waals surface area contributed by atoms with E-state index in [4.69, 9.17) is 0 Å². The fourth-order valence-electron chi connectivity index (χ4n) is 2.22. The summed E-state index contributed by atoms with van der Waals surface area (Å²) in [4.78, 5) is 13.9. The van der Waals surface area contributed by atoms with Gasteiger partial charge in [0.05, 0.1) is 11.7 Å². The molecule has 0 saturated carbocycles. The fraction of sp³-hybridized carbons (Fsp3) is 0.462. The largest absolute Gasteiger partial charge is 0.507 e. The molecular weight excluding hydrogens is 298 g/mol. The van der Waals surface area contributed by atoms with Gasteiger partial charge in [0.15, 0.2) is 0 Å². The quantitative estimate of drug-likeness (QED) is 0.878. The monoisotopic (exact) mass is 313 g/mol. The van der Waals surface area contributed by atoms with Gasteiger partial charge in [0, 0.05) is 23.5 Å². The number of carbonyl (C=O) groups excluding carboxylic acids is 1. The molecule has 0 bridgehead atoms. The summed E-state index contributed by atoms with van der Waals surface area (Å²) in [6.45, 7) is 2.92. The summed E-state index contributed by atoms with van der Waals surface area (Å²) in [6, 6.07) is 4.85. The highest BCUT2D eigenvalue weighted by Gasteiger charge is 2.30. The van der Waals surface area contributed by atoms with Gasteiger partial charge in [-0.25, -0.2) is 0 Å². The molecule has 0 aromatic heterocycles. The zero-order valence-electron chi connectivity index (χ0n) is 10.1. The smallest absolute Gasteiger partial charge is 0.257 e. The Balaban J connectivity index is 2.13. The second kappa shape index (κ2) is 5.28. The van der Waals surface area contributed by atoms with Gasteiger partial charge in [-0.05, 0) is 31.5 Å². The molecule has 0 radical (unpaired) electrons. The van der Waals surface area contributed by atoms with Gasteiger partial charge in [-0.15, -0.1) is 0 Å². The minimum Gasteiger partial charge on any atom is -0.507 e. The van der Waals surface area contributed by atoms with Gasteiger partial charge in [-0.2, -0.15) is 0 Å². The van der Waals surface area contributed by atoms with Crippen LogP contribution in [0.4, 0.5) is 0 Å². The van der Waals surface area contributed by atoms with Gasteiger partial charge in [-0.1, -0.05) is 15.9 Å². The van der Waals surface area contributed by atoms with Crippen molar-refractivity contribution in [3.05, 3.63) is 28.2 Å². The van der Waals surface area contributed by atoms with Crippen molar-refractivity contribution in [1.82, 2.24) is 4.90 Å². The van der Waals surface area contributed by atoms with Crippen molar-refractivity contribution in [2.24, 2.45) is 5.92 Å². The number of likely N-dealkylation sites (tertiary alicyclic amines) is 1. The number of nitrogens with zero attached hydrogens (tertiary/aromatic N) is 1. The molecule has 5 heteroatoms. The molecule has 0 aliphatic carbocycles. The van der Waals surface area contributed by atoms with Crippen molar-refractivity contribution in [3.8, 4) is 5.75 Å². The number of rotatable bonds is 2. The lowest BCUT2D eigenvalue weighted by molar-refractivity contribution is 0.0759. The molecule has 2 N–H and O–H groups in total. The van der Waals surface area contributed by atoms with Crippen LogP contribution in [-0.2, 0) is 0 Å². The van der Waals surface area contributed by atoms with E-state index in [1.54, 1.807) is 24.0 Å². The molecule has 18 heavy (non-hydrogen) atoms. The first-order valence-corrected chi connectivity index (χ1v) is 6.74. The van der Waals surface area contributed by atoms with Gasteiger partial charge in [0.1, 0.15) is 5.75 Å². The van der Waals surface area contributed by atoms with Crippen molar-refractivity contribution < 1.29 is 15.0 Å². The molecular formula is C13H16BrNO3. The van der Waals surface area contributed by atoms with Crippen LogP contribution in [-0.4, -0.2) is 40.2 Å². The highest BCUT2D eigenvalue weighted by atomic mass is 79.9. The zero-order valence-corrected chi connectivity index (χ0v) is 11.7. The molecule has 2 atom stereocenters. The predicted molar refractivity (Wildman–Crippen MR) is 71.5 cm³/mol. The number of hydrogen-bond donors (Lipinski definition) is 2. The van der Waals surface area contributed by atoms with Gasteiger partial charge in [0.25, 0.3) is 5.91 Å². The number of amides is 1. The van der Waals surface area contributed by atoms with Crippen molar-refractivity contribution in [1.29, 1.82) is 0 Å². The summed E-state index contributed by atoms with van der Waals surface area (Å²) in [5.74, 6) is -0.0652. The second-order valence-corrected chi connectivity index (χ2v) is 5.62. The highest BCUT2D eigenvalue weighted by molar-refractivity contribution is 9.10. The number of aliphatic hydroxyl groups excluding tert-OH is 1. The van der Waals surface area contributed by atoms with Crippen molar-refractivity contribution in [3.63, 3.8) is 0 Å². The Kier molecular flexibility index (Phi) is 3.92. The van der Waals surface area contributed by atoms with Crippen LogP contribution in [0.15, 0.2) is 22.7 Å². The van der Waals surface area contributed by atoms with Gasteiger partial charge >= 0.3 is 0 Å². The third-order valence-electron chi connectivity index (χ3n) is 3.38. The standard InChI is InChI=1S/C13H16BrNO3/c1-8(16)9-4-5-15(7-9)13(18)11-3-2-10(14)6-12(11)17/h2-3,6,8-9,16-17H,4-5,7H2,1H3. The van der Waals surface area contributed by atoms with E-state index in [0.29, 0.717) is 18.7 Å². The Hall–Kier alpha value is -1.07. The highest BCUT2D eigenvalue weighted by Crippen LogP contribution is 2.27. The lowest BCUT2D eigenvalue weighted by atomic mass is 10.0. The molecule has 1 aromatic rings. The van der Waals surface area contributed by atoms with Crippen LogP contribution >= 0.6 is 15.9 Å². The number of aromatic hydroxyl groups is 1. The Labute approximate surface area is 114 Å². The zero-order chi connectivity index (χ0) is 13.3. The van der Waals surface area contributed by atoms with E-state index in [0.717, 1.165) is 10.9 Å². The van der Waals surface area contributed by atoms with Crippen molar-refractivity contribution in [2.45, 2.75) is 19.4 Å². The Morgan fingerprint density at radius 3 is 2.83 bits per heavy atom. The molecule has 1 aromatic carbocycles. The first-order valence-electron chi connectivity index (χ1n) is 5.95. The number of halogens is 1. The third-order valence-corrected chi connectivity index (χ3v) is 3.88. The molecule has 2 unspecified atom stereocenters. The lowest BCUT2D eigenvalue weighted by Crippen LogP contribution is -2.30. The molecule has 1 fully saturated rings. The SMILES string of the molecule is CC(O)C1CCN(C(=O)c2ccc(Br)cc2O)C1. The van der Waals surface area contributed by atoms with E-state index in [2.05, 4.69) is 15.9 Å². The van der Waals surface area contributed by atoms with Crippen LogP contribution in [0.5, 0.6) is 5.75 Å². The van der Waals surface area contributed by atoms with Crippen LogP contribution in [0.1, 0.15) is 23.7 Å². The summed E-state index contributed by atoms with van der Waals surface area (Å²) in [6.07, 6.45) is 0.405. The van der Waals surface area contributed by atoms with E-state index in [1.165, 1.54) is 6.07 Å². The average Bonchev–Trinajstić information content (AvgIpc) is 2.77. The molecule has 1 heterocycles. The van der Waals surface area contributed by atoms with E-state index >= 15 is 0 Å². The Morgan fingerprint density at radius 1 is 1.56 bits per heavy atom. The van der Waals surface area contributed by atoms with Gasteiger partial charge in [-0.3, -0.25) is 4.79 Å². The molecule has 2 rings (SSSR count). The van der Waals surface area contributed by atoms with Crippen LogP contribution in [0.3, 0.4) is 0 Å². The molecule has 98 valence electrons. The number of phenols is 1. The topological polar surface area (TPSA) is 60.8 Å². The van der Waals surface area contributed by atoms with Crippen LogP contribution in [0.2, 0.25) is 0 Å². The van der Waals surface area contributed by atoms with Crippen molar-refractivity contribution in [2.75, 3.05) is 13.1 Å². The first-order chi connectivity index (χ1) is 8.49. The minimum atomic E-state index is -0.402. The van der Waals surface area contributed by atoms with E-state index in [9.17, 15) is 15.0 Å². The summed E-state index contributed by atoms with van der Waals surface area (Å²) >= 11 is 3.24. The molecule has 0 spiro atoms. The van der Waals surface area contributed by atoms with Crippen LogP contribution < -0.4 is 0 Å². The van der Waals surface area contributed by atoms with Gasteiger partial charge < -0.3 is 15.1 Å². The maximum Gasteiger partial charge on any atom is 0.257 e.